The summed E-state index contributed by atoms with van der Waals surface area (Å²) in [6, 6.07) is 0.583. The van der Waals surface area contributed by atoms with Gasteiger partial charge in [0.05, 0.1) is 23.0 Å². The van der Waals surface area contributed by atoms with Crippen molar-refractivity contribution in [2.75, 3.05) is 33.4 Å². The van der Waals surface area contributed by atoms with Crippen LogP contribution in [-0.4, -0.2) is 54.1 Å². The minimum absolute atomic E-state index is 0.583. The first-order valence-electron chi connectivity index (χ1n) is 7.80. The summed E-state index contributed by atoms with van der Waals surface area (Å²) < 4.78 is 7.16. The topological polar surface area (TPSA) is 42.3 Å². The second-order valence-corrected chi connectivity index (χ2v) is 6.08. The molecule has 21 heavy (non-hydrogen) atoms. The van der Waals surface area contributed by atoms with Gasteiger partial charge in [-0.05, 0) is 25.8 Å². The Morgan fingerprint density at radius 2 is 2.33 bits per heavy atom. The van der Waals surface area contributed by atoms with Crippen LogP contribution < -0.4 is 5.32 Å². The molecule has 1 aliphatic heterocycles. The van der Waals surface area contributed by atoms with Crippen LogP contribution in [0.3, 0.4) is 0 Å². The van der Waals surface area contributed by atoms with E-state index in [1.54, 1.807) is 7.11 Å². The van der Waals surface area contributed by atoms with Gasteiger partial charge in [-0.1, -0.05) is 18.5 Å². The summed E-state index contributed by atoms with van der Waals surface area (Å²) in [5.74, 6) is 0. The predicted octanol–water partition coefficient (Wildman–Crippen LogP) is 1.84. The zero-order valence-electron chi connectivity index (χ0n) is 13.4. The molecular formula is C15H27ClN4O. The summed E-state index contributed by atoms with van der Waals surface area (Å²) in [6.07, 6.45) is 3.40. The Morgan fingerprint density at radius 1 is 1.52 bits per heavy atom. The summed E-state index contributed by atoms with van der Waals surface area (Å²) >= 11 is 6.47. The first-order valence-corrected chi connectivity index (χ1v) is 8.18. The average Bonchev–Trinajstić information content (AvgIpc) is 3.07. The van der Waals surface area contributed by atoms with Gasteiger partial charge in [0, 0.05) is 39.8 Å². The highest BCUT2D eigenvalue weighted by Gasteiger charge is 2.21. The molecule has 1 N–H and O–H groups in total. The van der Waals surface area contributed by atoms with Gasteiger partial charge >= 0.3 is 0 Å². The molecule has 6 heteroatoms. The van der Waals surface area contributed by atoms with E-state index >= 15 is 0 Å². The fourth-order valence-electron chi connectivity index (χ4n) is 2.88. The number of aryl methyl sites for hydroxylation is 2. The van der Waals surface area contributed by atoms with Gasteiger partial charge in [-0.3, -0.25) is 9.58 Å². The van der Waals surface area contributed by atoms with Crippen LogP contribution in [0.15, 0.2) is 0 Å². The lowest BCUT2D eigenvalue weighted by atomic mass is 10.2. The Hall–Kier alpha value is -0.620. The molecule has 2 rings (SSSR count). The Balaban J connectivity index is 2.04. The molecule has 0 aliphatic carbocycles. The van der Waals surface area contributed by atoms with Crippen LogP contribution >= 0.6 is 11.6 Å². The van der Waals surface area contributed by atoms with Crippen molar-refractivity contribution >= 4 is 11.6 Å². The van der Waals surface area contributed by atoms with Crippen molar-refractivity contribution in [2.45, 2.75) is 38.8 Å². The third-order valence-electron chi connectivity index (χ3n) is 4.13. The maximum atomic E-state index is 6.47. The van der Waals surface area contributed by atoms with Crippen LogP contribution in [0.2, 0.25) is 5.02 Å². The minimum Gasteiger partial charge on any atom is -0.383 e. The molecule has 5 nitrogen and oxygen atoms in total. The van der Waals surface area contributed by atoms with Gasteiger partial charge in [0.15, 0.2) is 0 Å². The van der Waals surface area contributed by atoms with Crippen molar-refractivity contribution in [2.24, 2.45) is 7.05 Å². The van der Waals surface area contributed by atoms with E-state index in [0.717, 1.165) is 55.6 Å². The van der Waals surface area contributed by atoms with E-state index in [2.05, 4.69) is 22.2 Å². The van der Waals surface area contributed by atoms with E-state index in [-0.39, 0.29) is 0 Å². The van der Waals surface area contributed by atoms with Crippen molar-refractivity contribution in [1.82, 2.24) is 20.0 Å². The third kappa shape index (κ3) is 4.42. The van der Waals surface area contributed by atoms with E-state index in [9.17, 15) is 0 Å². The smallest absolute Gasteiger partial charge is 0.0863 e. The second-order valence-electron chi connectivity index (χ2n) is 5.71. The molecule has 1 aliphatic rings. The molecule has 0 bridgehead atoms. The third-order valence-corrected chi connectivity index (χ3v) is 4.57. The number of nitrogens with zero attached hydrogens (tertiary/aromatic N) is 3. The number of nitrogens with one attached hydrogen (secondary N) is 1. The molecule has 1 unspecified atom stereocenters. The number of rotatable bonds is 8. The highest BCUT2D eigenvalue weighted by molar-refractivity contribution is 6.31. The van der Waals surface area contributed by atoms with Crippen molar-refractivity contribution in [3.8, 4) is 0 Å². The van der Waals surface area contributed by atoms with Gasteiger partial charge in [0.25, 0.3) is 0 Å². The Bertz CT molecular complexity index is 443. The molecule has 1 aromatic heterocycles. The largest absolute Gasteiger partial charge is 0.383 e. The van der Waals surface area contributed by atoms with Gasteiger partial charge in [0.1, 0.15) is 0 Å². The number of aromatic nitrogens is 2. The maximum absolute atomic E-state index is 6.47. The minimum atomic E-state index is 0.583. The maximum Gasteiger partial charge on any atom is 0.0863 e. The molecule has 1 saturated heterocycles. The van der Waals surface area contributed by atoms with Gasteiger partial charge < -0.3 is 10.1 Å². The van der Waals surface area contributed by atoms with Gasteiger partial charge in [-0.15, -0.1) is 0 Å². The number of halogens is 1. The van der Waals surface area contributed by atoms with Crippen LogP contribution in [0, 0.1) is 0 Å². The lowest BCUT2D eigenvalue weighted by molar-refractivity contribution is 0.136. The quantitative estimate of drug-likeness (QED) is 0.795. The van der Waals surface area contributed by atoms with E-state index < -0.39 is 0 Å². The number of methoxy groups -OCH3 is 1. The van der Waals surface area contributed by atoms with E-state index in [4.69, 9.17) is 16.3 Å². The van der Waals surface area contributed by atoms with Crippen molar-refractivity contribution < 1.29 is 4.74 Å². The molecule has 0 saturated carbocycles. The SMILES string of the molecule is CCc1nn(C)c(CN(CCOC)CC2CCCN2)c1Cl. The van der Waals surface area contributed by atoms with Gasteiger partial charge in [0.2, 0.25) is 0 Å². The van der Waals surface area contributed by atoms with E-state index in [0.29, 0.717) is 6.04 Å². The summed E-state index contributed by atoms with van der Waals surface area (Å²) in [5.41, 5.74) is 2.09. The van der Waals surface area contributed by atoms with Gasteiger partial charge in [-0.25, -0.2) is 0 Å². The number of hydrogen-bond donors (Lipinski definition) is 1. The summed E-state index contributed by atoms with van der Waals surface area (Å²) in [6.45, 7) is 6.73. The highest BCUT2D eigenvalue weighted by atomic mass is 35.5. The molecule has 1 aromatic rings. The number of ether oxygens (including phenoxy) is 1. The van der Waals surface area contributed by atoms with Crippen LogP contribution in [-0.2, 0) is 24.8 Å². The molecule has 120 valence electrons. The first-order chi connectivity index (χ1) is 10.2. The fourth-order valence-corrected chi connectivity index (χ4v) is 3.24. The molecule has 0 spiro atoms. The van der Waals surface area contributed by atoms with Crippen molar-refractivity contribution in [1.29, 1.82) is 0 Å². The van der Waals surface area contributed by atoms with Crippen LogP contribution in [0.5, 0.6) is 0 Å². The zero-order valence-corrected chi connectivity index (χ0v) is 14.1. The highest BCUT2D eigenvalue weighted by Crippen LogP contribution is 2.22. The Labute approximate surface area is 132 Å². The zero-order chi connectivity index (χ0) is 15.2. The normalized spacial score (nSPS) is 18.8. The van der Waals surface area contributed by atoms with Crippen LogP contribution in [0.25, 0.3) is 0 Å². The lowest BCUT2D eigenvalue weighted by Crippen LogP contribution is -2.39. The molecule has 1 fully saturated rings. The van der Waals surface area contributed by atoms with Crippen molar-refractivity contribution in [3.05, 3.63) is 16.4 Å². The van der Waals surface area contributed by atoms with Crippen molar-refractivity contribution in [3.63, 3.8) is 0 Å². The van der Waals surface area contributed by atoms with Crippen LogP contribution in [0.1, 0.15) is 31.2 Å². The second kappa shape index (κ2) is 8.13. The van der Waals surface area contributed by atoms with Gasteiger partial charge in [-0.2, -0.15) is 5.10 Å². The number of hydrogen-bond acceptors (Lipinski definition) is 4. The molecular weight excluding hydrogens is 288 g/mol. The predicted molar refractivity (Wildman–Crippen MR) is 85.8 cm³/mol. The fraction of sp³-hybridized carbons (Fsp3) is 0.800. The average molecular weight is 315 g/mol. The standard InChI is InChI=1S/C15H27ClN4O/c1-4-13-15(16)14(19(2)18-13)11-20(8-9-21-3)10-12-6-5-7-17-12/h12,17H,4-11H2,1-3H3. The van der Waals surface area contributed by atoms with Crippen LogP contribution in [0.4, 0.5) is 0 Å². The lowest BCUT2D eigenvalue weighted by Gasteiger charge is -2.25. The summed E-state index contributed by atoms with van der Waals surface area (Å²) in [4.78, 5) is 2.41. The summed E-state index contributed by atoms with van der Waals surface area (Å²) in [5, 5.41) is 8.88. The molecule has 0 radical (unpaired) electrons. The summed E-state index contributed by atoms with van der Waals surface area (Å²) in [7, 11) is 3.72. The molecule has 0 amide bonds. The monoisotopic (exact) mass is 314 g/mol. The molecule has 1 atom stereocenters. The van der Waals surface area contributed by atoms with E-state index in [1.165, 1.54) is 12.8 Å². The Morgan fingerprint density at radius 3 is 2.90 bits per heavy atom. The molecule has 2 heterocycles. The first kappa shape index (κ1) is 16.7. The molecule has 0 aromatic carbocycles. The van der Waals surface area contributed by atoms with E-state index in [1.807, 2.05) is 11.7 Å². The Kier molecular flexibility index (Phi) is 6.48.